The minimum Gasteiger partial charge on any atom is -0.497 e. The maximum Gasteiger partial charge on any atom is 0.166 e. The van der Waals surface area contributed by atoms with Crippen molar-refractivity contribution in [1.82, 2.24) is 4.57 Å². The molecule has 0 aliphatic heterocycles. The molecule has 1 heterocycles. The van der Waals surface area contributed by atoms with E-state index in [0.29, 0.717) is 5.69 Å². The van der Waals surface area contributed by atoms with E-state index in [2.05, 4.69) is 0 Å². The van der Waals surface area contributed by atoms with Gasteiger partial charge in [-0.25, -0.2) is 0 Å². The lowest BCUT2D eigenvalue weighted by Crippen LogP contribution is -2.13. The Bertz CT molecular complexity index is 543. The summed E-state index contributed by atoms with van der Waals surface area (Å²) in [6.45, 7) is 0. The number of methoxy groups -OCH3 is 1. The molecular weight excluding hydrogens is 228 g/mol. The predicted octanol–water partition coefficient (Wildman–Crippen LogP) is 2.61. The first-order chi connectivity index (χ1) is 8.67. The lowest BCUT2D eigenvalue weighted by Gasteiger charge is -2.20. The van der Waals surface area contributed by atoms with Gasteiger partial charge in [0.25, 0.3) is 0 Å². The zero-order chi connectivity index (χ0) is 13.1. The first-order valence-corrected chi connectivity index (χ1v) is 5.66. The lowest BCUT2D eigenvalue weighted by molar-refractivity contribution is 0.111. The van der Waals surface area contributed by atoms with Gasteiger partial charge in [-0.2, -0.15) is 0 Å². The molecule has 1 aromatic heterocycles. The SMILES string of the molecule is COc1ccc(N(C)c2ccc(C=O)n2C)cc1. The van der Waals surface area contributed by atoms with Crippen molar-refractivity contribution in [3.63, 3.8) is 0 Å². The summed E-state index contributed by atoms with van der Waals surface area (Å²) in [5.41, 5.74) is 1.69. The van der Waals surface area contributed by atoms with Gasteiger partial charge in [0.2, 0.25) is 0 Å². The first-order valence-electron chi connectivity index (χ1n) is 5.66. The molecule has 2 aromatic rings. The Hall–Kier alpha value is -2.23. The van der Waals surface area contributed by atoms with Crippen LogP contribution >= 0.6 is 0 Å². The van der Waals surface area contributed by atoms with Gasteiger partial charge >= 0.3 is 0 Å². The fraction of sp³-hybridized carbons (Fsp3) is 0.214. The van der Waals surface area contributed by atoms with Crippen LogP contribution in [0.5, 0.6) is 5.75 Å². The molecule has 1 aromatic carbocycles. The third-order valence-electron chi connectivity index (χ3n) is 3.06. The standard InChI is InChI=1S/C14H16N2O2/c1-15(11-4-7-13(18-3)8-5-11)14-9-6-12(10-17)16(14)2/h4-10H,1-3H3. The van der Waals surface area contributed by atoms with Crippen molar-refractivity contribution < 1.29 is 9.53 Å². The van der Waals surface area contributed by atoms with Gasteiger partial charge in [-0.1, -0.05) is 0 Å². The summed E-state index contributed by atoms with van der Waals surface area (Å²) >= 11 is 0. The lowest BCUT2D eigenvalue weighted by atomic mass is 10.3. The topological polar surface area (TPSA) is 34.5 Å². The van der Waals surface area contributed by atoms with Crippen molar-refractivity contribution in [2.75, 3.05) is 19.1 Å². The summed E-state index contributed by atoms with van der Waals surface area (Å²) in [7, 11) is 5.48. The highest BCUT2D eigenvalue weighted by molar-refractivity contribution is 5.75. The van der Waals surface area contributed by atoms with Gasteiger partial charge in [-0.15, -0.1) is 0 Å². The highest BCUT2D eigenvalue weighted by Crippen LogP contribution is 2.26. The van der Waals surface area contributed by atoms with Crippen LogP contribution in [0.2, 0.25) is 0 Å². The molecule has 2 rings (SSSR count). The Balaban J connectivity index is 2.31. The van der Waals surface area contributed by atoms with Crippen LogP contribution < -0.4 is 9.64 Å². The number of aromatic nitrogens is 1. The third-order valence-corrected chi connectivity index (χ3v) is 3.06. The number of benzene rings is 1. The molecular formula is C14H16N2O2. The van der Waals surface area contributed by atoms with Crippen LogP contribution in [0.25, 0.3) is 0 Å². The third kappa shape index (κ3) is 2.09. The largest absolute Gasteiger partial charge is 0.497 e. The van der Waals surface area contributed by atoms with Gasteiger partial charge < -0.3 is 14.2 Å². The smallest absolute Gasteiger partial charge is 0.166 e. The van der Waals surface area contributed by atoms with E-state index in [1.807, 2.05) is 60.0 Å². The van der Waals surface area contributed by atoms with Crippen LogP contribution in [0.15, 0.2) is 36.4 Å². The molecule has 0 aliphatic rings. The van der Waals surface area contributed by atoms with Crippen molar-refractivity contribution in [1.29, 1.82) is 0 Å². The molecule has 4 heteroatoms. The normalized spacial score (nSPS) is 10.2. The van der Waals surface area contributed by atoms with E-state index in [1.54, 1.807) is 7.11 Å². The molecule has 0 bridgehead atoms. The Morgan fingerprint density at radius 2 is 1.83 bits per heavy atom. The molecule has 0 N–H and O–H groups in total. The van der Waals surface area contributed by atoms with E-state index in [1.165, 1.54) is 0 Å². The molecule has 0 spiro atoms. The van der Waals surface area contributed by atoms with Crippen molar-refractivity contribution in [2.45, 2.75) is 0 Å². The van der Waals surface area contributed by atoms with Crippen LogP contribution in [0.1, 0.15) is 10.5 Å². The van der Waals surface area contributed by atoms with Gasteiger partial charge in [0, 0.05) is 19.8 Å². The van der Waals surface area contributed by atoms with E-state index in [0.717, 1.165) is 23.5 Å². The van der Waals surface area contributed by atoms with E-state index >= 15 is 0 Å². The van der Waals surface area contributed by atoms with Crippen LogP contribution in [-0.4, -0.2) is 25.0 Å². The average molecular weight is 244 g/mol. The van der Waals surface area contributed by atoms with E-state index in [9.17, 15) is 4.79 Å². The summed E-state index contributed by atoms with van der Waals surface area (Å²) in [5.74, 6) is 1.79. The summed E-state index contributed by atoms with van der Waals surface area (Å²) in [6.07, 6.45) is 0.853. The number of ether oxygens (including phenoxy) is 1. The summed E-state index contributed by atoms with van der Waals surface area (Å²) < 4.78 is 6.99. The van der Waals surface area contributed by atoms with Gasteiger partial charge in [-0.05, 0) is 36.4 Å². The maximum absolute atomic E-state index is 10.8. The van der Waals surface area contributed by atoms with Crippen LogP contribution in [0, 0.1) is 0 Å². The highest BCUT2D eigenvalue weighted by atomic mass is 16.5. The van der Waals surface area contributed by atoms with Crippen molar-refractivity contribution in [3.8, 4) is 5.75 Å². The molecule has 94 valence electrons. The van der Waals surface area contributed by atoms with E-state index in [4.69, 9.17) is 4.74 Å². The number of anilines is 2. The number of rotatable bonds is 4. The molecule has 0 amide bonds. The van der Waals surface area contributed by atoms with Gasteiger partial charge in [0.1, 0.15) is 11.6 Å². The summed E-state index contributed by atoms with van der Waals surface area (Å²) in [4.78, 5) is 12.8. The second-order valence-electron chi connectivity index (χ2n) is 4.05. The second-order valence-corrected chi connectivity index (χ2v) is 4.05. The zero-order valence-electron chi connectivity index (χ0n) is 10.8. The van der Waals surface area contributed by atoms with Crippen LogP contribution in [0.4, 0.5) is 11.5 Å². The molecule has 0 aliphatic carbocycles. The average Bonchev–Trinajstić information content (AvgIpc) is 2.79. The maximum atomic E-state index is 10.8. The quantitative estimate of drug-likeness (QED) is 0.775. The minimum absolute atomic E-state index is 0.658. The number of carbonyl (C=O) groups excluding carboxylic acids is 1. The van der Waals surface area contributed by atoms with Gasteiger partial charge in [0.05, 0.1) is 12.8 Å². The Labute approximate surface area is 106 Å². The fourth-order valence-corrected chi connectivity index (χ4v) is 1.91. The first kappa shape index (κ1) is 12.2. The Kier molecular flexibility index (Phi) is 3.37. The molecule has 0 fully saturated rings. The minimum atomic E-state index is 0.658. The molecule has 0 unspecified atom stereocenters. The zero-order valence-corrected chi connectivity index (χ0v) is 10.8. The Morgan fingerprint density at radius 1 is 1.17 bits per heavy atom. The van der Waals surface area contributed by atoms with Crippen LogP contribution in [-0.2, 0) is 7.05 Å². The second kappa shape index (κ2) is 4.96. The monoisotopic (exact) mass is 244 g/mol. The molecule has 18 heavy (non-hydrogen) atoms. The van der Waals surface area contributed by atoms with Gasteiger partial charge in [-0.3, -0.25) is 4.79 Å². The highest BCUT2D eigenvalue weighted by Gasteiger charge is 2.10. The predicted molar refractivity (Wildman–Crippen MR) is 71.9 cm³/mol. The number of hydrogen-bond acceptors (Lipinski definition) is 3. The number of nitrogens with zero attached hydrogens (tertiary/aromatic N) is 2. The molecule has 4 nitrogen and oxygen atoms in total. The van der Waals surface area contributed by atoms with Gasteiger partial charge in [0.15, 0.2) is 6.29 Å². The summed E-state index contributed by atoms with van der Waals surface area (Å²) in [6, 6.07) is 11.5. The number of hydrogen-bond donors (Lipinski definition) is 0. The molecule has 0 radical (unpaired) electrons. The molecule has 0 saturated heterocycles. The fourth-order valence-electron chi connectivity index (χ4n) is 1.91. The Morgan fingerprint density at radius 3 is 2.33 bits per heavy atom. The molecule has 0 atom stereocenters. The van der Waals surface area contributed by atoms with Crippen molar-refractivity contribution >= 4 is 17.8 Å². The van der Waals surface area contributed by atoms with E-state index < -0.39 is 0 Å². The van der Waals surface area contributed by atoms with Crippen molar-refractivity contribution in [3.05, 3.63) is 42.1 Å². The number of carbonyl (C=O) groups is 1. The van der Waals surface area contributed by atoms with E-state index in [-0.39, 0.29) is 0 Å². The molecule has 0 saturated carbocycles. The van der Waals surface area contributed by atoms with Crippen molar-refractivity contribution in [2.24, 2.45) is 7.05 Å². The summed E-state index contributed by atoms with van der Waals surface area (Å²) in [5, 5.41) is 0. The number of aldehydes is 1. The van der Waals surface area contributed by atoms with Crippen LogP contribution in [0.3, 0.4) is 0 Å².